The minimum absolute atomic E-state index is 0.184. The predicted octanol–water partition coefficient (Wildman–Crippen LogP) is 0.0525. The molecule has 0 spiro atoms. The molecule has 1 heterocycles. The highest BCUT2D eigenvalue weighted by Crippen LogP contribution is 2.24. The summed E-state index contributed by atoms with van der Waals surface area (Å²) < 4.78 is 4.91. The second kappa shape index (κ2) is 4.07. The van der Waals surface area contributed by atoms with Crippen LogP contribution in [-0.2, 0) is 9.53 Å². The zero-order valence-corrected chi connectivity index (χ0v) is 8.17. The molecule has 13 heavy (non-hydrogen) atoms. The van der Waals surface area contributed by atoms with Crippen LogP contribution in [0.2, 0.25) is 0 Å². The number of aliphatic hydroxyl groups is 1. The number of rotatable bonds is 3. The third-order valence-corrected chi connectivity index (χ3v) is 2.46. The van der Waals surface area contributed by atoms with Gasteiger partial charge in [-0.1, -0.05) is 0 Å². The summed E-state index contributed by atoms with van der Waals surface area (Å²) in [7, 11) is 0. The molecule has 76 valence electrons. The van der Waals surface area contributed by atoms with Gasteiger partial charge in [0.2, 0.25) is 0 Å². The normalized spacial score (nSPS) is 33.3. The Hall–Kier alpha value is -0.610. The molecule has 4 heteroatoms. The molecule has 1 aliphatic rings. The van der Waals surface area contributed by atoms with Crippen molar-refractivity contribution in [3.8, 4) is 0 Å². The maximum Gasteiger partial charge on any atom is 0.328 e. The average molecular weight is 187 g/mol. The molecule has 1 saturated heterocycles. The fraction of sp³-hybridized carbons (Fsp3) is 0.889. The maximum atomic E-state index is 11.5. The number of ether oxygens (including phenoxy) is 1. The van der Waals surface area contributed by atoms with Crippen LogP contribution in [0.15, 0.2) is 0 Å². The topological polar surface area (TPSA) is 58.6 Å². The van der Waals surface area contributed by atoms with Crippen LogP contribution in [-0.4, -0.2) is 35.9 Å². The standard InChI is InChI=1S/C9H17NO3/c1-3-13-8(12)9(6-11)5-4-7(2)10-9/h7,10-11H,3-6H2,1-2H3. The van der Waals surface area contributed by atoms with E-state index in [-0.39, 0.29) is 18.6 Å². The summed E-state index contributed by atoms with van der Waals surface area (Å²) in [6.45, 7) is 3.94. The number of aliphatic hydroxyl groups excluding tert-OH is 1. The number of nitrogens with one attached hydrogen (secondary N) is 1. The van der Waals surface area contributed by atoms with Gasteiger partial charge in [-0.3, -0.25) is 5.32 Å². The molecule has 0 aromatic rings. The van der Waals surface area contributed by atoms with Gasteiger partial charge < -0.3 is 9.84 Å². The molecule has 1 aliphatic heterocycles. The van der Waals surface area contributed by atoms with Gasteiger partial charge in [-0.25, -0.2) is 4.79 Å². The highest BCUT2D eigenvalue weighted by Gasteiger charge is 2.44. The number of hydrogen-bond donors (Lipinski definition) is 2. The molecule has 0 aromatic heterocycles. The SMILES string of the molecule is CCOC(=O)C1(CO)CCC(C)N1. The van der Waals surface area contributed by atoms with Crippen molar-refractivity contribution in [1.29, 1.82) is 0 Å². The molecular formula is C9H17NO3. The highest BCUT2D eigenvalue weighted by molar-refractivity contribution is 5.81. The van der Waals surface area contributed by atoms with E-state index in [0.29, 0.717) is 13.0 Å². The van der Waals surface area contributed by atoms with E-state index < -0.39 is 5.54 Å². The van der Waals surface area contributed by atoms with Crippen molar-refractivity contribution in [1.82, 2.24) is 5.32 Å². The average Bonchev–Trinajstić information content (AvgIpc) is 2.49. The molecule has 0 saturated carbocycles. The summed E-state index contributed by atoms with van der Waals surface area (Å²) in [5, 5.41) is 12.2. The minimum atomic E-state index is -0.838. The zero-order valence-electron chi connectivity index (χ0n) is 8.17. The van der Waals surface area contributed by atoms with Gasteiger partial charge in [0.25, 0.3) is 0 Å². The lowest BCUT2D eigenvalue weighted by atomic mass is 9.99. The van der Waals surface area contributed by atoms with Gasteiger partial charge in [-0.15, -0.1) is 0 Å². The fourth-order valence-electron chi connectivity index (χ4n) is 1.70. The molecule has 2 unspecified atom stereocenters. The van der Waals surface area contributed by atoms with Crippen molar-refractivity contribution in [2.24, 2.45) is 0 Å². The fourth-order valence-corrected chi connectivity index (χ4v) is 1.70. The third kappa shape index (κ3) is 2.00. The number of esters is 1. The van der Waals surface area contributed by atoms with E-state index in [0.717, 1.165) is 6.42 Å². The third-order valence-electron chi connectivity index (χ3n) is 2.46. The van der Waals surface area contributed by atoms with Crippen molar-refractivity contribution >= 4 is 5.97 Å². The molecule has 0 aromatic carbocycles. The number of carbonyl (C=O) groups excluding carboxylic acids is 1. The first-order valence-corrected chi connectivity index (χ1v) is 4.70. The lowest BCUT2D eigenvalue weighted by Crippen LogP contribution is -2.53. The monoisotopic (exact) mass is 187 g/mol. The Balaban J connectivity index is 2.64. The van der Waals surface area contributed by atoms with Crippen LogP contribution in [0.1, 0.15) is 26.7 Å². The van der Waals surface area contributed by atoms with E-state index in [9.17, 15) is 4.79 Å². The lowest BCUT2D eigenvalue weighted by molar-refractivity contribution is -0.152. The number of hydrogen-bond acceptors (Lipinski definition) is 4. The smallest absolute Gasteiger partial charge is 0.328 e. The summed E-state index contributed by atoms with van der Waals surface area (Å²) in [5.74, 6) is -0.332. The molecule has 0 aliphatic carbocycles. The molecule has 1 fully saturated rings. The summed E-state index contributed by atoms with van der Waals surface area (Å²) >= 11 is 0. The first-order chi connectivity index (χ1) is 6.14. The predicted molar refractivity (Wildman–Crippen MR) is 48.3 cm³/mol. The lowest BCUT2D eigenvalue weighted by Gasteiger charge is -2.25. The molecule has 2 N–H and O–H groups in total. The quantitative estimate of drug-likeness (QED) is 0.613. The van der Waals surface area contributed by atoms with Crippen molar-refractivity contribution < 1.29 is 14.6 Å². The zero-order chi connectivity index (χ0) is 9.90. The van der Waals surface area contributed by atoms with Gasteiger partial charge in [-0.05, 0) is 26.7 Å². The largest absolute Gasteiger partial charge is 0.465 e. The minimum Gasteiger partial charge on any atom is -0.465 e. The second-order valence-electron chi connectivity index (χ2n) is 3.54. The molecule has 0 radical (unpaired) electrons. The van der Waals surface area contributed by atoms with Crippen LogP contribution in [0, 0.1) is 0 Å². The van der Waals surface area contributed by atoms with E-state index in [1.54, 1.807) is 6.92 Å². The highest BCUT2D eigenvalue weighted by atomic mass is 16.5. The molecule has 4 nitrogen and oxygen atoms in total. The van der Waals surface area contributed by atoms with Crippen LogP contribution in [0.4, 0.5) is 0 Å². The Kier molecular flexibility index (Phi) is 3.27. The maximum absolute atomic E-state index is 11.5. The van der Waals surface area contributed by atoms with Crippen LogP contribution >= 0.6 is 0 Å². The van der Waals surface area contributed by atoms with Crippen molar-refractivity contribution in [3.63, 3.8) is 0 Å². The van der Waals surface area contributed by atoms with Gasteiger partial charge in [0.15, 0.2) is 0 Å². The van der Waals surface area contributed by atoms with Crippen LogP contribution in [0.3, 0.4) is 0 Å². The molecular weight excluding hydrogens is 170 g/mol. The van der Waals surface area contributed by atoms with Crippen LogP contribution in [0.25, 0.3) is 0 Å². The van der Waals surface area contributed by atoms with E-state index in [1.165, 1.54) is 0 Å². The van der Waals surface area contributed by atoms with Crippen LogP contribution < -0.4 is 5.32 Å². The van der Waals surface area contributed by atoms with Crippen molar-refractivity contribution in [3.05, 3.63) is 0 Å². The van der Waals surface area contributed by atoms with Gasteiger partial charge in [0.05, 0.1) is 13.2 Å². The van der Waals surface area contributed by atoms with Crippen molar-refractivity contribution in [2.45, 2.75) is 38.3 Å². The van der Waals surface area contributed by atoms with Gasteiger partial charge in [0, 0.05) is 6.04 Å². The van der Waals surface area contributed by atoms with Gasteiger partial charge >= 0.3 is 5.97 Å². The Morgan fingerprint density at radius 3 is 2.85 bits per heavy atom. The molecule has 2 atom stereocenters. The molecule has 0 amide bonds. The molecule has 0 bridgehead atoms. The first-order valence-electron chi connectivity index (χ1n) is 4.70. The Labute approximate surface area is 78.3 Å². The van der Waals surface area contributed by atoms with Gasteiger partial charge in [0.1, 0.15) is 5.54 Å². The summed E-state index contributed by atoms with van der Waals surface area (Å²) in [6, 6.07) is 0.275. The summed E-state index contributed by atoms with van der Waals surface area (Å²) in [5.41, 5.74) is -0.838. The molecule has 1 rings (SSSR count). The van der Waals surface area contributed by atoms with Crippen molar-refractivity contribution in [2.75, 3.05) is 13.2 Å². The van der Waals surface area contributed by atoms with E-state index in [4.69, 9.17) is 9.84 Å². The van der Waals surface area contributed by atoms with Gasteiger partial charge in [-0.2, -0.15) is 0 Å². The van der Waals surface area contributed by atoms with E-state index >= 15 is 0 Å². The number of carbonyl (C=O) groups is 1. The van der Waals surface area contributed by atoms with Crippen LogP contribution in [0.5, 0.6) is 0 Å². The summed E-state index contributed by atoms with van der Waals surface area (Å²) in [6.07, 6.45) is 1.56. The first kappa shape index (κ1) is 10.5. The Morgan fingerprint density at radius 2 is 2.46 bits per heavy atom. The Bertz CT molecular complexity index is 195. The second-order valence-corrected chi connectivity index (χ2v) is 3.54. The van der Waals surface area contributed by atoms with E-state index in [2.05, 4.69) is 5.32 Å². The van der Waals surface area contributed by atoms with E-state index in [1.807, 2.05) is 6.92 Å². The Morgan fingerprint density at radius 1 is 1.77 bits per heavy atom. The summed E-state index contributed by atoms with van der Waals surface area (Å²) in [4.78, 5) is 11.5.